The molecule has 1 aromatic rings. The Labute approximate surface area is 103 Å². The summed E-state index contributed by atoms with van der Waals surface area (Å²) in [6, 6.07) is 0.0233. The van der Waals surface area contributed by atoms with Crippen LogP contribution in [-0.4, -0.2) is 42.8 Å². The first-order valence-corrected chi connectivity index (χ1v) is 7.85. The molecular weight excluding hydrogens is 238 g/mol. The second-order valence-electron chi connectivity index (χ2n) is 4.41. The van der Waals surface area contributed by atoms with E-state index < -0.39 is 9.84 Å². The second kappa shape index (κ2) is 6.16. The Morgan fingerprint density at radius 2 is 2.24 bits per heavy atom. The van der Waals surface area contributed by atoms with E-state index in [0.717, 1.165) is 24.9 Å². The van der Waals surface area contributed by atoms with Crippen molar-refractivity contribution in [3.8, 4) is 0 Å². The Kier molecular flexibility index (Phi) is 5.14. The maximum absolute atomic E-state index is 11.3. The molecule has 98 valence electrons. The van der Waals surface area contributed by atoms with Gasteiger partial charge in [0.05, 0.1) is 11.9 Å². The Balaban J connectivity index is 2.49. The number of nitrogens with one attached hydrogen (secondary N) is 1. The van der Waals surface area contributed by atoms with Crippen LogP contribution in [0.5, 0.6) is 0 Å². The molecule has 0 saturated carbocycles. The normalized spacial score (nSPS) is 13.8. The van der Waals surface area contributed by atoms with E-state index in [0.29, 0.717) is 0 Å². The summed E-state index contributed by atoms with van der Waals surface area (Å²) in [5, 5.41) is 7.30. The molecule has 1 N–H and O–H groups in total. The zero-order valence-corrected chi connectivity index (χ0v) is 11.5. The van der Waals surface area contributed by atoms with Crippen LogP contribution in [0.4, 0.5) is 0 Å². The number of aryl methyl sites for hydroxylation is 2. The van der Waals surface area contributed by atoms with E-state index in [9.17, 15) is 8.42 Å². The minimum Gasteiger partial charge on any atom is -0.313 e. The highest BCUT2D eigenvalue weighted by atomic mass is 32.2. The first-order valence-electron chi connectivity index (χ1n) is 5.79. The number of aromatic nitrogens is 2. The zero-order chi connectivity index (χ0) is 12.9. The fraction of sp³-hybridized carbons (Fsp3) is 0.727. The lowest BCUT2D eigenvalue weighted by Crippen LogP contribution is -2.35. The number of hydrogen-bond donors (Lipinski definition) is 1. The maximum atomic E-state index is 11.3. The van der Waals surface area contributed by atoms with E-state index in [1.807, 2.05) is 26.4 Å². The number of sulfone groups is 1. The first kappa shape index (κ1) is 14.2. The van der Waals surface area contributed by atoms with Gasteiger partial charge in [-0.2, -0.15) is 5.10 Å². The van der Waals surface area contributed by atoms with Crippen LogP contribution in [0, 0.1) is 0 Å². The van der Waals surface area contributed by atoms with Gasteiger partial charge < -0.3 is 5.32 Å². The van der Waals surface area contributed by atoms with E-state index in [2.05, 4.69) is 10.4 Å². The summed E-state index contributed by atoms with van der Waals surface area (Å²) in [4.78, 5) is 0. The fourth-order valence-electron chi connectivity index (χ4n) is 1.84. The molecule has 0 aliphatic rings. The lowest BCUT2D eigenvalue weighted by Gasteiger charge is -2.16. The van der Waals surface area contributed by atoms with Gasteiger partial charge in [0.25, 0.3) is 0 Å². The van der Waals surface area contributed by atoms with Crippen LogP contribution in [0.1, 0.15) is 18.9 Å². The van der Waals surface area contributed by atoms with E-state index in [4.69, 9.17) is 0 Å². The van der Waals surface area contributed by atoms with Crippen LogP contribution >= 0.6 is 0 Å². The highest BCUT2D eigenvalue weighted by Gasteiger charge is 2.14. The van der Waals surface area contributed by atoms with E-state index in [1.165, 1.54) is 6.26 Å². The quantitative estimate of drug-likeness (QED) is 0.768. The van der Waals surface area contributed by atoms with Crippen molar-refractivity contribution in [2.45, 2.75) is 25.8 Å². The van der Waals surface area contributed by atoms with Gasteiger partial charge >= 0.3 is 0 Å². The second-order valence-corrected chi connectivity index (χ2v) is 6.59. The van der Waals surface area contributed by atoms with Gasteiger partial charge in [0.15, 0.2) is 0 Å². The average Bonchev–Trinajstić information content (AvgIpc) is 2.59. The molecule has 0 fully saturated rings. The molecule has 1 aromatic heterocycles. The smallest absolute Gasteiger partial charge is 0.148 e. The number of rotatable bonds is 7. The largest absolute Gasteiger partial charge is 0.313 e. The SMILES string of the molecule is CCNC(CCc1cnn(C)c1)CS(C)(=O)=O. The van der Waals surface area contributed by atoms with Gasteiger partial charge in [-0.05, 0) is 24.9 Å². The molecule has 0 radical (unpaired) electrons. The van der Waals surface area contributed by atoms with E-state index in [-0.39, 0.29) is 11.8 Å². The molecule has 0 spiro atoms. The Morgan fingerprint density at radius 3 is 2.71 bits per heavy atom. The maximum Gasteiger partial charge on any atom is 0.148 e. The monoisotopic (exact) mass is 259 g/mol. The summed E-state index contributed by atoms with van der Waals surface area (Å²) in [5.74, 6) is 0.196. The van der Waals surface area contributed by atoms with E-state index >= 15 is 0 Å². The van der Waals surface area contributed by atoms with Crippen molar-refractivity contribution in [1.82, 2.24) is 15.1 Å². The third kappa shape index (κ3) is 5.83. The summed E-state index contributed by atoms with van der Waals surface area (Å²) in [5.41, 5.74) is 1.14. The van der Waals surface area contributed by atoms with Crippen LogP contribution < -0.4 is 5.32 Å². The van der Waals surface area contributed by atoms with Crippen LogP contribution in [0.2, 0.25) is 0 Å². The molecule has 1 unspecified atom stereocenters. The summed E-state index contributed by atoms with van der Waals surface area (Å²) in [6.45, 7) is 2.77. The molecule has 1 rings (SSSR count). The highest BCUT2D eigenvalue weighted by molar-refractivity contribution is 7.90. The predicted octanol–water partition coefficient (Wildman–Crippen LogP) is 0.375. The number of nitrogens with zero attached hydrogens (tertiary/aromatic N) is 2. The molecule has 1 heterocycles. The summed E-state index contributed by atoms with van der Waals surface area (Å²) >= 11 is 0. The van der Waals surface area contributed by atoms with Crippen molar-refractivity contribution in [1.29, 1.82) is 0 Å². The Hall–Kier alpha value is -0.880. The summed E-state index contributed by atoms with van der Waals surface area (Å²) in [6.07, 6.45) is 6.72. The minimum atomic E-state index is -2.93. The lowest BCUT2D eigenvalue weighted by atomic mass is 10.1. The molecule has 1 atom stereocenters. The van der Waals surface area contributed by atoms with Crippen LogP contribution in [-0.2, 0) is 23.3 Å². The Bertz CT molecular complexity index is 439. The van der Waals surface area contributed by atoms with Gasteiger partial charge in [0.1, 0.15) is 9.84 Å². The topological polar surface area (TPSA) is 64.0 Å². The van der Waals surface area contributed by atoms with Gasteiger partial charge in [-0.3, -0.25) is 4.68 Å². The lowest BCUT2D eigenvalue weighted by molar-refractivity contribution is 0.519. The first-order chi connectivity index (χ1) is 7.90. The van der Waals surface area contributed by atoms with Crippen LogP contribution in [0.3, 0.4) is 0 Å². The highest BCUT2D eigenvalue weighted by Crippen LogP contribution is 2.05. The van der Waals surface area contributed by atoms with Crippen molar-refractivity contribution >= 4 is 9.84 Å². The van der Waals surface area contributed by atoms with Gasteiger partial charge in [0, 0.05) is 25.5 Å². The molecule has 17 heavy (non-hydrogen) atoms. The third-order valence-corrected chi connectivity index (χ3v) is 3.54. The van der Waals surface area contributed by atoms with Crippen molar-refractivity contribution < 1.29 is 8.42 Å². The zero-order valence-electron chi connectivity index (χ0n) is 10.7. The molecule has 5 nitrogen and oxygen atoms in total. The Morgan fingerprint density at radius 1 is 1.53 bits per heavy atom. The van der Waals surface area contributed by atoms with Gasteiger partial charge in [-0.1, -0.05) is 6.92 Å². The van der Waals surface area contributed by atoms with Crippen molar-refractivity contribution in [3.05, 3.63) is 18.0 Å². The fourth-order valence-corrected chi connectivity index (χ4v) is 2.86. The standard InChI is InChI=1S/C11H21N3O2S/c1-4-12-11(9-17(3,15)16)6-5-10-7-13-14(2)8-10/h7-8,11-12H,4-6,9H2,1-3H3. The number of hydrogen-bond acceptors (Lipinski definition) is 4. The average molecular weight is 259 g/mol. The molecule has 0 aliphatic heterocycles. The predicted molar refractivity (Wildman–Crippen MR) is 68.7 cm³/mol. The summed E-state index contributed by atoms with van der Waals surface area (Å²) in [7, 11) is -1.05. The third-order valence-electron chi connectivity index (χ3n) is 2.54. The molecule has 0 amide bonds. The van der Waals surface area contributed by atoms with Crippen molar-refractivity contribution in [3.63, 3.8) is 0 Å². The molecule has 0 aromatic carbocycles. The molecule has 0 saturated heterocycles. The van der Waals surface area contributed by atoms with Gasteiger partial charge in [-0.25, -0.2) is 8.42 Å². The summed E-state index contributed by atoms with van der Waals surface area (Å²) < 4.78 is 24.3. The molecule has 6 heteroatoms. The van der Waals surface area contributed by atoms with Gasteiger partial charge in [-0.15, -0.1) is 0 Å². The van der Waals surface area contributed by atoms with Crippen molar-refractivity contribution in [2.75, 3.05) is 18.6 Å². The molecule has 0 bridgehead atoms. The molecular formula is C11H21N3O2S. The molecule has 0 aliphatic carbocycles. The van der Waals surface area contributed by atoms with Crippen LogP contribution in [0.25, 0.3) is 0 Å². The van der Waals surface area contributed by atoms with Crippen LogP contribution in [0.15, 0.2) is 12.4 Å². The van der Waals surface area contributed by atoms with Gasteiger partial charge in [0.2, 0.25) is 0 Å². The minimum absolute atomic E-state index is 0.0233. The van der Waals surface area contributed by atoms with E-state index in [1.54, 1.807) is 4.68 Å². The van der Waals surface area contributed by atoms with Crippen molar-refractivity contribution in [2.24, 2.45) is 7.05 Å².